The molecule has 0 bridgehead atoms. The molecule has 0 atom stereocenters. The summed E-state index contributed by atoms with van der Waals surface area (Å²) in [6, 6.07) is 6.47. The van der Waals surface area contributed by atoms with Gasteiger partial charge in [-0.1, -0.05) is 23.8 Å². The number of aryl methyl sites for hydroxylation is 3. The Morgan fingerprint density at radius 3 is 2.47 bits per heavy atom. The van der Waals surface area contributed by atoms with E-state index >= 15 is 0 Å². The first kappa shape index (κ1) is 14.1. The van der Waals surface area contributed by atoms with Crippen molar-refractivity contribution < 1.29 is 4.79 Å². The van der Waals surface area contributed by atoms with Gasteiger partial charge in [-0.25, -0.2) is 0 Å². The van der Waals surface area contributed by atoms with Gasteiger partial charge >= 0.3 is 0 Å². The van der Waals surface area contributed by atoms with Crippen LogP contribution >= 0.6 is 0 Å². The second kappa shape index (κ2) is 6.20. The van der Waals surface area contributed by atoms with Crippen molar-refractivity contribution in [2.75, 3.05) is 33.2 Å². The van der Waals surface area contributed by atoms with Gasteiger partial charge in [-0.05, 0) is 38.4 Å². The number of nitrogens with zero attached hydrogens (tertiary/aromatic N) is 2. The number of rotatable bonds is 3. The number of likely N-dealkylation sites (N-methyl/N-ethyl adjacent to an activating group) is 1. The Labute approximate surface area is 116 Å². The third kappa shape index (κ3) is 3.80. The van der Waals surface area contributed by atoms with Crippen molar-refractivity contribution in [1.82, 2.24) is 9.80 Å². The van der Waals surface area contributed by atoms with E-state index in [-0.39, 0.29) is 0 Å². The zero-order valence-electron chi connectivity index (χ0n) is 12.3. The van der Waals surface area contributed by atoms with Crippen molar-refractivity contribution in [1.29, 1.82) is 0 Å². The molecule has 0 saturated carbocycles. The molecule has 1 amide bonds. The molecule has 0 radical (unpaired) electrons. The molecule has 0 N–H and O–H groups in total. The van der Waals surface area contributed by atoms with Crippen molar-refractivity contribution >= 4 is 5.91 Å². The molecule has 1 saturated heterocycles. The van der Waals surface area contributed by atoms with E-state index < -0.39 is 0 Å². The Morgan fingerprint density at radius 2 is 1.84 bits per heavy atom. The van der Waals surface area contributed by atoms with Crippen molar-refractivity contribution in [2.24, 2.45) is 0 Å². The summed E-state index contributed by atoms with van der Waals surface area (Å²) in [7, 11) is 2.11. The summed E-state index contributed by atoms with van der Waals surface area (Å²) < 4.78 is 0. The number of hydrogen-bond acceptors (Lipinski definition) is 2. The normalized spacial score (nSPS) is 16.7. The highest BCUT2D eigenvalue weighted by molar-refractivity contribution is 5.76. The maximum Gasteiger partial charge on any atom is 0.222 e. The predicted octanol–water partition coefficient (Wildman–Crippen LogP) is 2.01. The van der Waals surface area contributed by atoms with Gasteiger partial charge in [0.15, 0.2) is 0 Å². The van der Waals surface area contributed by atoms with Crippen molar-refractivity contribution in [2.45, 2.75) is 26.7 Å². The predicted molar refractivity (Wildman–Crippen MR) is 78.3 cm³/mol. The molecule has 0 spiro atoms. The minimum Gasteiger partial charge on any atom is -0.340 e. The third-order valence-corrected chi connectivity index (χ3v) is 3.96. The number of amides is 1. The maximum absolute atomic E-state index is 12.2. The Morgan fingerprint density at radius 1 is 1.16 bits per heavy atom. The van der Waals surface area contributed by atoms with Gasteiger partial charge in [-0.2, -0.15) is 0 Å². The lowest BCUT2D eigenvalue weighted by molar-refractivity contribution is -0.132. The molecule has 1 fully saturated rings. The van der Waals surface area contributed by atoms with Crippen molar-refractivity contribution in [3.63, 3.8) is 0 Å². The monoisotopic (exact) mass is 260 g/mol. The lowest BCUT2D eigenvalue weighted by atomic mass is 10.0. The Kier molecular flexibility index (Phi) is 4.59. The summed E-state index contributed by atoms with van der Waals surface area (Å²) in [6.07, 6.45) is 1.49. The molecule has 1 aliphatic heterocycles. The van der Waals surface area contributed by atoms with Gasteiger partial charge in [0, 0.05) is 32.6 Å². The molecule has 3 nitrogen and oxygen atoms in total. The van der Waals surface area contributed by atoms with Gasteiger partial charge in [0.25, 0.3) is 0 Å². The molecule has 0 unspecified atom stereocenters. The van der Waals surface area contributed by atoms with Crippen LogP contribution in [0.15, 0.2) is 18.2 Å². The van der Waals surface area contributed by atoms with Crippen LogP contribution in [-0.2, 0) is 11.2 Å². The highest BCUT2D eigenvalue weighted by atomic mass is 16.2. The van der Waals surface area contributed by atoms with Crippen LogP contribution in [0, 0.1) is 13.8 Å². The van der Waals surface area contributed by atoms with E-state index in [0.29, 0.717) is 12.3 Å². The zero-order chi connectivity index (χ0) is 13.8. The van der Waals surface area contributed by atoms with Gasteiger partial charge in [-0.15, -0.1) is 0 Å². The summed E-state index contributed by atoms with van der Waals surface area (Å²) in [4.78, 5) is 16.4. The summed E-state index contributed by atoms with van der Waals surface area (Å²) in [6.45, 7) is 7.98. The van der Waals surface area contributed by atoms with Crippen LogP contribution < -0.4 is 0 Å². The quantitative estimate of drug-likeness (QED) is 0.830. The average Bonchev–Trinajstić information content (AvgIpc) is 2.38. The van der Waals surface area contributed by atoms with E-state index in [9.17, 15) is 4.79 Å². The third-order valence-electron chi connectivity index (χ3n) is 3.96. The smallest absolute Gasteiger partial charge is 0.222 e. The average molecular weight is 260 g/mol. The molecule has 3 heteroatoms. The largest absolute Gasteiger partial charge is 0.340 e. The molecule has 0 aromatic heterocycles. The topological polar surface area (TPSA) is 23.6 Å². The minimum atomic E-state index is 0.299. The summed E-state index contributed by atoms with van der Waals surface area (Å²) >= 11 is 0. The van der Waals surface area contributed by atoms with Gasteiger partial charge < -0.3 is 9.80 Å². The number of benzene rings is 1. The lowest BCUT2D eigenvalue weighted by Crippen LogP contribution is -2.47. The first-order chi connectivity index (χ1) is 9.06. The van der Waals surface area contributed by atoms with Gasteiger partial charge in [0.1, 0.15) is 0 Å². The van der Waals surface area contributed by atoms with Crippen LogP contribution in [-0.4, -0.2) is 48.9 Å². The number of carbonyl (C=O) groups is 1. The van der Waals surface area contributed by atoms with E-state index in [1.54, 1.807) is 0 Å². The van der Waals surface area contributed by atoms with E-state index in [1.165, 1.54) is 16.7 Å². The van der Waals surface area contributed by atoms with E-state index in [4.69, 9.17) is 0 Å². The Bertz CT molecular complexity index is 448. The lowest BCUT2D eigenvalue weighted by Gasteiger charge is -2.32. The highest BCUT2D eigenvalue weighted by Gasteiger charge is 2.18. The van der Waals surface area contributed by atoms with Crippen LogP contribution in [0.3, 0.4) is 0 Å². The molecule has 1 aromatic rings. The molecule has 104 valence electrons. The zero-order valence-corrected chi connectivity index (χ0v) is 12.3. The van der Waals surface area contributed by atoms with Gasteiger partial charge in [0.2, 0.25) is 5.91 Å². The number of carbonyl (C=O) groups excluding carboxylic acids is 1. The Balaban J connectivity index is 1.86. The first-order valence-electron chi connectivity index (χ1n) is 7.08. The molecule has 1 heterocycles. The second-order valence-corrected chi connectivity index (χ2v) is 5.61. The van der Waals surface area contributed by atoms with E-state index in [0.717, 1.165) is 32.6 Å². The maximum atomic E-state index is 12.2. The molecule has 0 aliphatic carbocycles. The van der Waals surface area contributed by atoms with E-state index in [1.807, 2.05) is 4.90 Å². The minimum absolute atomic E-state index is 0.299. The molecular weight excluding hydrogens is 236 g/mol. The molecule has 2 rings (SSSR count). The van der Waals surface area contributed by atoms with Gasteiger partial charge in [0.05, 0.1) is 0 Å². The summed E-state index contributed by atoms with van der Waals surface area (Å²) in [5, 5.41) is 0. The fourth-order valence-corrected chi connectivity index (χ4v) is 2.58. The molecule has 1 aromatic carbocycles. The fraction of sp³-hybridized carbons (Fsp3) is 0.562. The Hall–Kier alpha value is -1.35. The standard InChI is InChI=1S/C16H24N2O/c1-13-4-5-15(14(2)12-13)6-7-16(19)18-10-8-17(3)9-11-18/h4-5,12H,6-11H2,1-3H3. The number of piperazine rings is 1. The fourth-order valence-electron chi connectivity index (χ4n) is 2.58. The summed E-state index contributed by atoms with van der Waals surface area (Å²) in [5.74, 6) is 0.299. The summed E-state index contributed by atoms with van der Waals surface area (Å²) in [5.41, 5.74) is 3.88. The van der Waals surface area contributed by atoms with Crippen LogP contribution in [0.4, 0.5) is 0 Å². The molecule has 1 aliphatic rings. The van der Waals surface area contributed by atoms with Crippen molar-refractivity contribution in [3.8, 4) is 0 Å². The molecule has 19 heavy (non-hydrogen) atoms. The van der Waals surface area contributed by atoms with Crippen LogP contribution in [0.5, 0.6) is 0 Å². The first-order valence-corrected chi connectivity index (χ1v) is 7.08. The molecular formula is C16H24N2O. The van der Waals surface area contributed by atoms with Crippen molar-refractivity contribution in [3.05, 3.63) is 34.9 Å². The van der Waals surface area contributed by atoms with Crippen LogP contribution in [0.25, 0.3) is 0 Å². The number of hydrogen-bond donors (Lipinski definition) is 0. The van der Waals surface area contributed by atoms with Crippen LogP contribution in [0.1, 0.15) is 23.1 Å². The van der Waals surface area contributed by atoms with Crippen LogP contribution in [0.2, 0.25) is 0 Å². The van der Waals surface area contributed by atoms with Gasteiger partial charge in [-0.3, -0.25) is 4.79 Å². The van der Waals surface area contributed by atoms with E-state index in [2.05, 4.69) is 44.0 Å². The SMILES string of the molecule is Cc1ccc(CCC(=O)N2CCN(C)CC2)c(C)c1. The second-order valence-electron chi connectivity index (χ2n) is 5.61. The highest BCUT2D eigenvalue weighted by Crippen LogP contribution is 2.13.